The van der Waals surface area contributed by atoms with Crippen LogP contribution in [-0.2, 0) is 16.6 Å². The highest BCUT2D eigenvalue weighted by Gasteiger charge is 2.19. The fourth-order valence-corrected chi connectivity index (χ4v) is 4.58. The monoisotopic (exact) mass is 364 g/mol. The largest absolute Gasteiger partial charge is 0.312 e. The van der Waals surface area contributed by atoms with E-state index in [1.54, 1.807) is 29.6 Å². The maximum absolute atomic E-state index is 12.4. The van der Waals surface area contributed by atoms with Crippen molar-refractivity contribution in [1.82, 2.24) is 5.32 Å². The Morgan fingerprint density at radius 3 is 2.52 bits per heavy atom. The van der Waals surface area contributed by atoms with Crippen molar-refractivity contribution in [2.24, 2.45) is 0 Å². The van der Waals surface area contributed by atoms with Crippen LogP contribution in [0.2, 0.25) is 10.0 Å². The normalized spacial score (nSPS) is 11.6. The molecule has 0 amide bonds. The third kappa shape index (κ3) is 4.11. The third-order valence-electron chi connectivity index (χ3n) is 2.69. The number of sulfonamides is 1. The first-order valence-electron chi connectivity index (χ1n) is 6.19. The van der Waals surface area contributed by atoms with Gasteiger partial charge in [0.05, 0.1) is 20.6 Å². The summed E-state index contributed by atoms with van der Waals surface area (Å²) in [5, 5.41) is 5.26. The van der Waals surface area contributed by atoms with Gasteiger partial charge in [0.15, 0.2) is 0 Å². The molecule has 0 atom stereocenters. The summed E-state index contributed by atoms with van der Waals surface area (Å²) in [6.07, 6.45) is 0. The first-order valence-corrected chi connectivity index (χ1v) is 9.31. The molecule has 21 heavy (non-hydrogen) atoms. The molecule has 0 radical (unpaired) electrons. The first kappa shape index (κ1) is 16.6. The number of anilines is 1. The van der Waals surface area contributed by atoms with E-state index in [0.717, 1.165) is 11.4 Å². The number of rotatable bonds is 6. The summed E-state index contributed by atoms with van der Waals surface area (Å²) in [7, 11) is -3.70. The van der Waals surface area contributed by atoms with Crippen LogP contribution in [0.5, 0.6) is 0 Å². The average molecular weight is 365 g/mol. The van der Waals surface area contributed by atoms with Gasteiger partial charge < -0.3 is 5.32 Å². The Morgan fingerprint density at radius 2 is 1.90 bits per heavy atom. The summed E-state index contributed by atoms with van der Waals surface area (Å²) in [6, 6.07) is 6.45. The Kier molecular flexibility index (Phi) is 5.51. The van der Waals surface area contributed by atoms with Crippen molar-refractivity contribution in [3.63, 3.8) is 0 Å². The van der Waals surface area contributed by atoms with E-state index in [4.69, 9.17) is 23.2 Å². The number of thiophene rings is 1. The van der Waals surface area contributed by atoms with Crippen LogP contribution in [-0.4, -0.2) is 15.0 Å². The van der Waals surface area contributed by atoms with Crippen LogP contribution in [0.3, 0.4) is 0 Å². The summed E-state index contributed by atoms with van der Waals surface area (Å²) < 4.78 is 27.1. The molecule has 0 spiro atoms. The molecule has 2 rings (SSSR count). The first-order chi connectivity index (χ1) is 9.94. The molecular formula is C13H14Cl2N2O2S2. The van der Waals surface area contributed by atoms with E-state index in [-0.39, 0.29) is 20.6 Å². The van der Waals surface area contributed by atoms with Crippen LogP contribution in [0, 0.1) is 0 Å². The van der Waals surface area contributed by atoms with Gasteiger partial charge in [-0.15, -0.1) is 11.3 Å². The van der Waals surface area contributed by atoms with Gasteiger partial charge in [-0.2, -0.15) is 0 Å². The van der Waals surface area contributed by atoms with Gasteiger partial charge in [0.2, 0.25) is 0 Å². The molecule has 4 nitrogen and oxygen atoms in total. The maximum Gasteiger partial charge on any atom is 0.262 e. The van der Waals surface area contributed by atoms with Crippen molar-refractivity contribution in [2.45, 2.75) is 18.4 Å². The van der Waals surface area contributed by atoms with Gasteiger partial charge in [-0.1, -0.05) is 36.2 Å². The number of hydrogen-bond acceptors (Lipinski definition) is 4. The van der Waals surface area contributed by atoms with Crippen LogP contribution in [0.4, 0.5) is 5.69 Å². The quantitative estimate of drug-likeness (QED) is 0.815. The fraction of sp³-hybridized carbons (Fsp3) is 0.231. The van der Waals surface area contributed by atoms with Crippen molar-refractivity contribution < 1.29 is 8.42 Å². The predicted molar refractivity (Wildman–Crippen MR) is 89.0 cm³/mol. The molecule has 0 aliphatic heterocycles. The van der Waals surface area contributed by atoms with Gasteiger partial charge in [-0.3, -0.25) is 4.72 Å². The summed E-state index contributed by atoms with van der Waals surface area (Å²) >= 11 is 13.3. The molecule has 1 aromatic carbocycles. The lowest BCUT2D eigenvalue weighted by atomic mass is 10.3. The highest BCUT2D eigenvalue weighted by Crippen LogP contribution is 2.32. The molecule has 2 N–H and O–H groups in total. The van der Waals surface area contributed by atoms with Crippen molar-refractivity contribution in [3.8, 4) is 0 Å². The molecule has 1 aromatic heterocycles. The number of halogens is 2. The van der Waals surface area contributed by atoms with Gasteiger partial charge >= 0.3 is 0 Å². The minimum Gasteiger partial charge on any atom is -0.312 e. The van der Waals surface area contributed by atoms with E-state index in [9.17, 15) is 8.42 Å². The van der Waals surface area contributed by atoms with Crippen LogP contribution in [0.15, 0.2) is 34.5 Å². The molecule has 0 aliphatic carbocycles. The number of hydrogen-bond donors (Lipinski definition) is 2. The highest BCUT2D eigenvalue weighted by molar-refractivity contribution is 7.92. The van der Waals surface area contributed by atoms with E-state index < -0.39 is 10.0 Å². The van der Waals surface area contributed by atoms with Gasteiger partial charge in [-0.25, -0.2) is 8.42 Å². The Morgan fingerprint density at radius 1 is 1.24 bits per heavy atom. The average Bonchev–Trinajstić information content (AvgIpc) is 2.90. The lowest BCUT2D eigenvalue weighted by molar-refractivity contribution is 0.601. The zero-order chi connectivity index (χ0) is 15.5. The summed E-state index contributed by atoms with van der Waals surface area (Å²) in [6.45, 7) is 3.46. The minimum atomic E-state index is -3.70. The van der Waals surface area contributed by atoms with E-state index in [1.807, 2.05) is 6.92 Å². The zero-order valence-corrected chi connectivity index (χ0v) is 14.3. The minimum absolute atomic E-state index is 0.195. The van der Waals surface area contributed by atoms with E-state index >= 15 is 0 Å². The van der Waals surface area contributed by atoms with Gasteiger partial charge in [0, 0.05) is 16.8 Å². The molecule has 8 heteroatoms. The standard InChI is InChI=1S/C13H14Cl2N2O2S2/c1-2-16-7-9-6-10(8-20-9)21(18,19)17-13-11(14)4-3-5-12(13)15/h3-6,8,16-17H,2,7H2,1H3. The number of benzene rings is 1. The number of para-hydroxylation sites is 1. The molecule has 2 aromatic rings. The fourth-order valence-electron chi connectivity index (χ4n) is 1.63. The SMILES string of the molecule is CCNCc1cc(S(=O)(=O)Nc2c(Cl)cccc2Cl)cs1. The molecule has 1 heterocycles. The molecule has 0 saturated heterocycles. The molecule has 114 valence electrons. The van der Waals surface area contributed by atoms with E-state index in [0.29, 0.717) is 6.54 Å². The van der Waals surface area contributed by atoms with Gasteiger partial charge in [0.1, 0.15) is 0 Å². The van der Waals surface area contributed by atoms with Gasteiger partial charge in [0.25, 0.3) is 10.0 Å². The highest BCUT2D eigenvalue weighted by atomic mass is 35.5. The molecular weight excluding hydrogens is 351 g/mol. The molecule has 0 bridgehead atoms. The second-order valence-corrected chi connectivity index (χ2v) is 7.72. The van der Waals surface area contributed by atoms with Crippen LogP contribution in [0.1, 0.15) is 11.8 Å². The van der Waals surface area contributed by atoms with Gasteiger partial charge in [-0.05, 0) is 24.7 Å². The smallest absolute Gasteiger partial charge is 0.262 e. The van der Waals surface area contributed by atoms with Crippen molar-refractivity contribution in [2.75, 3.05) is 11.3 Å². The second-order valence-electron chi connectivity index (χ2n) is 4.23. The molecule has 0 aliphatic rings. The second kappa shape index (κ2) is 6.98. The van der Waals surface area contributed by atoms with E-state index in [1.165, 1.54) is 11.3 Å². The maximum atomic E-state index is 12.4. The van der Waals surface area contributed by atoms with Crippen LogP contribution in [0.25, 0.3) is 0 Å². The Hall–Kier alpha value is -0.790. The molecule has 0 fully saturated rings. The lowest BCUT2D eigenvalue weighted by Gasteiger charge is -2.09. The van der Waals surface area contributed by atoms with Crippen molar-refractivity contribution in [1.29, 1.82) is 0 Å². The zero-order valence-electron chi connectivity index (χ0n) is 11.2. The summed E-state index contributed by atoms with van der Waals surface area (Å²) in [5.74, 6) is 0. The van der Waals surface area contributed by atoms with Crippen LogP contribution < -0.4 is 10.0 Å². The summed E-state index contributed by atoms with van der Waals surface area (Å²) in [4.78, 5) is 1.15. The van der Waals surface area contributed by atoms with Crippen molar-refractivity contribution in [3.05, 3.63) is 44.6 Å². The summed E-state index contributed by atoms with van der Waals surface area (Å²) in [5.41, 5.74) is 0.195. The van der Waals surface area contributed by atoms with E-state index in [2.05, 4.69) is 10.0 Å². The Labute approximate surface area is 138 Å². The Balaban J connectivity index is 2.24. The lowest BCUT2D eigenvalue weighted by Crippen LogP contribution is -2.13. The molecule has 0 saturated carbocycles. The Bertz CT molecular complexity index is 709. The topological polar surface area (TPSA) is 58.2 Å². The molecule has 0 unspecified atom stereocenters. The number of nitrogens with one attached hydrogen (secondary N) is 2. The third-order valence-corrected chi connectivity index (χ3v) is 5.73. The predicted octanol–water partition coefficient (Wildman–Crippen LogP) is 3.97. The van der Waals surface area contributed by atoms with Crippen LogP contribution >= 0.6 is 34.5 Å². The van der Waals surface area contributed by atoms with Crippen molar-refractivity contribution >= 4 is 50.2 Å².